The maximum Gasteiger partial charge on any atom is 0.308 e. The number of unbranched alkanes of at least 4 members (excludes halogenated alkanes) is 16. The van der Waals surface area contributed by atoms with Crippen LogP contribution in [0.25, 0.3) is 0 Å². The number of rotatable bonds is 27. The molecule has 0 bridgehead atoms. The highest BCUT2D eigenvalue weighted by molar-refractivity contribution is 6.74. The molecule has 1 N–H and O–H groups in total. The predicted molar refractivity (Wildman–Crippen MR) is 184 cm³/mol. The molecule has 0 aromatic carbocycles. The molecule has 0 fully saturated rings. The van der Waals surface area contributed by atoms with Crippen molar-refractivity contribution in [1.82, 2.24) is 0 Å². The van der Waals surface area contributed by atoms with Gasteiger partial charge in [-0.3, -0.25) is 4.79 Å². The SMILES string of the molecule is CCCCCCCCCCC[C@@H](CC=O)O[Si](C)(C)C(C)(C)C.CCCCCCCCCCC[C@@H](O)CC(=O)OCC. The second-order valence-corrected chi connectivity index (χ2v) is 18.6. The second-order valence-electron chi connectivity index (χ2n) is 13.8. The van der Waals surface area contributed by atoms with E-state index in [1.54, 1.807) is 6.92 Å². The molecule has 0 spiro atoms. The first-order chi connectivity index (χ1) is 19.9. The van der Waals surface area contributed by atoms with Crippen LogP contribution in [0.15, 0.2) is 0 Å². The summed E-state index contributed by atoms with van der Waals surface area (Å²) in [5, 5.41) is 9.86. The van der Waals surface area contributed by atoms with E-state index in [4.69, 9.17) is 9.16 Å². The molecule has 0 aromatic heterocycles. The van der Waals surface area contributed by atoms with Gasteiger partial charge < -0.3 is 19.1 Å². The Morgan fingerprint density at radius 3 is 1.50 bits per heavy atom. The fraction of sp³-hybridized carbons (Fsp3) is 0.944. The second kappa shape index (κ2) is 29.0. The van der Waals surface area contributed by atoms with Crippen molar-refractivity contribution in [3.8, 4) is 0 Å². The first kappa shape index (κ1) is 43.4. The third-order valence-corrected chi connectivity index (χ3v) is 13.1. The minimum atomic E-state index is -1.76. The normalized spacial score (nSPS) is 13.3. The first-order valence-corrected chi connectivity index (χ1v) is 20.8. The van der Waals surface area contributed by atoms with Crippen LogP contribution in [-0.2, 0) is 18.8 Å². The van der Waals surface area contributed by atoms with Gasteiger partial charge in [-0.15, -0.1) is 0 Å². The molecule has 0 saturated heterocycles. The molecule has 0 rings (SSSR count). The highest BCUT2D eigenvalue weighted by Gasteiger charge is 2.38. The molecule has 42 heavy (non-hydrogen) atoms. The number of hydrogen-bond acceptors (Lipinski definition) is 5. The fourth-order valence-corrected chi connectivity index (χ4v) is 6.21. The quantitative estimate of drug-likeness (QED) is 0.0431. The number of aliphatic hydroxyl groups is 1. The summed E-state index contributed by atoms with van der Waals surface area (Å²) in [6, 6.07) is 0. The highest BCUT2D eigenvalue weighted by atomic mass is 28.4. The lowest BCUT2D eigenvalue weighted by molar-refractivity contribution is -0.145. The van der Waals surface area contributed by atoms with Crippen LogP contribution in [0.2, 0.25) is 18.1 Å². The maximum atomic E-state index is 11.1. The molecule has 0 amide bonds. The van der Waals surface area contributed by atoms with Crippen molar-refractivity contribution < 1.29 is 23.9 Å². The number of carbonyl (C=O) groups is 2. The summed E-state index contributed by atoms with van der Waals surface area (Å²) in [5.41, 5.74) is 0. The molecule has 0 aromatic rings. The van der Waals surface area contributed by atoms with Crippen LogP contribution in [0.5, 0.6) is 0 Å². The molecule has 0 radical (unpaired) electrons. The van der Waals surface area contributed by atoms with Gasteiger partial charge in [0.2, 0.25) is 0 Å². The summed E-state index contributed by atoms with van der Waals surface area (Å²) in [5.74, 6) is -0.286. The van der Waals surface area contributed by atoms with Gasteiger partial charge in [0.15, 0.2) is 8.32 Å². The van der Waals surface area contributed by atoms with E-state index in [0.29, 0.717) is 19.4 Å². The molecule has 252 valence electrons. The smallest absolute Gasteiger partial charge is 0.308 e. The lowest BCUT2D eigenvalue weighted by Gasteiger charge is -2.39. The van der Waals surface area contributed by atoms with Gasteiger partial charge in [0, 0.05) is 6.42 Å². The van der Waals surface area contributed by atoms with Crippen LogP contribution < -0.4 is 0 Å². The molecule has 0 aliphatic rings. The molecule has 6 heteroatoms. The van der Waals surface area contributed by atoms with Gasteiger partial charge in [-0.2, -0.15) is 0 Å². The van der Waals surface area contributed by atoms with Gasteiger partial charge in [0.1, 0.15) is 6.29 Å². The summed E-state index contributed by atoms with van der Waals surface area (Å²) in [6.45, 7) is 18.0. The maximum absolute atomic E-state index is 11.1. The first-order valence-electron chi connectivity index (χ1n) is 17.9. The Balaban J connectivity index is 0. The van der Waals surface area contributed by atoms with E-state index in [9.17, 15) is 14.7 Å². The zero-order chi connectivity index (χ0) is 32.1. The topological polar surface area (TPSA) is 72.8 Å². The molecule has 5 nitrogen and oxygen atoms in total. The Kier molecular flexibility index (Phi) is 30.0. The van der Waals surface area contributed by atoms with E-state index in [1.165, 1.54) is 103 Å². The molecule has 0 aliphatic heterocycles. The highest BCUT2D eigenvalue weighted by Crippen LogP contribution is 2.38. The van der Waals surface area contributed by atoms with Crippen molar-refractivity contribution in [2.75, 3.05) is 6.61 Å². The molecule has 0 heterocycles. The summed E-state index contributed by atoms with van der Waals surface area (Å²) in [6.07, 6.45) is 26.6. The molecular weight excluding hydrogens is 540 g/mol. The van der Waals surface area contributed by atoms with Crippen LogP contribution in [0.3, 0.4) is 0 Å². The Morgan fingerprint density at radius 2 is 1.12 bits per heavy atom. The molecule has 2 atom stereocenters. The van der Waals surface area contributed by atoms with Crippen LogP contribution in [0.1, 0.15) is 183 Å². The monoisotopic (exact) mass is 615 g/mol. The zero-order valence-corrected chi connectivity index (χ0v) is 30.6. The van der Waals surface area contributed by atoms with Crippen LogP contribution in [0.4, 0.5) is 0 Å². The number of ether oxygens (including phenoxy) is 1. The van der Waals surface area contributed by atoms with Crippen LogP contribution in [-0.4, -0.2) is 44.5 Å². The van der Waals surface area contributed by atoms with E-state index in [2.05, 4.69) is 47.7 Å². The third kappa shape index (κ3) is 28.1. The van der Waals surface area contributed by atoms with Crippen molar-refractivity contribution in [2.45, 2.75) is 213 Å². The van der Waals surface area contributed by atoms with Crippen molar-refractivity contribution in [1.29, 1.82) is 0 Å². The Bertz CT molecular complexity index is 602. The molecule has 0 saturated carbocycles. The number of aldehydes is 1. The Morgan fingerprint density at radius 1 is 0.714 bits per heavy atom. The summed E-state index contributed by atoms with van der Waals surface area (Å²) < 4.78 is 11.2. The van der Waals surface area contributed by atoms with Gasteiger partial charge in [0.05, 0.1) is 25.2 Å². The van der Waals surface area contributed by atoms with Crippen molar-refractivity contribution >= 4 is 20.6 Å². The van der Waals surface area contributed by atoms with Gasteiger partial charge >= 0.3 is 5.97 Å². The molecule has 0 aliphatic carbocycles. The Hall–Kier alpha value is -0.723. The molecular formula is C36H74O5Si. The zero-order valence-electron chi connectivity index (χ0n) is 29.6. The number of carbonyl (C=O) groups excluding carboxylic acids is 2. The van der Waals surface area contributed by atoms with Crippen molar-refractivity contribution in [3.63, 3.8) is 0 Å². The van der Waals surface area contributed by atoms with Crippen molar-refractivity contribution in [3.05, 3.63) is 0 Å². The number of hydrogen-bond donors (Lipinski definition) is 1. The average molecular weight is 615 g/mol. The summed E-state index contributed by atoms with van der Waals surface area (Å²) in [4.78, 5) is 22.1. The lowest BCUT2D eigenvalue weighted by Crippen LogP contribution is -2.44. The molecule has 0 unspecified atom stereocenters. The largest absolute Gasteiger partial charge is 0.466 e. The minimum Gasteiger partial charge on any atom is -0.466 e. The summed E-state index contributed by atoms with van der Waals surface area (Å²) in [7, 11) is -1.76. The number of esters is 1. The van der Waals surface area contributed by atoms with E-state index >= 15 is 0 Å². The summed E-state index contributed by atoms with van der Waals surface area (Å²) >= 11 is 0. The van der Waals surface area contributed by atoms with Crippen LogP contribution >= 0.6 is 0 Å². The fourth-order valence-electron chi connectivity index (χ4n) is 4.81. The lowest BCUT2D eigenvalue weighted by atomic mass is 10.0. The van der Waals surface area contributed by atoms with Gasteiger partial charge in [0.25, 0.3) is 0 Å². The predicted octanol–water partition coefficient (Wildman–Crippen LogP) is 11.1. The minimum absolute atomic E-state index is 0.137. The van der Waals surface area contributed by atoms with E-state index in [-0.39, 0.29) is 23.5 Å². The van der Waals surface area contributed by atoms with E-state index in [0.717, 1.165) is 25.5 Å². The van der Waals surface area contributed by atoms with Gasteiger partial charge in [-0.25, -0.2) is 0 Å². The Labute approximate surface area is 263 Å². The van der Waals surface area contributed by atoms with E-state index in [1.807, 2.05) is 0 Å². The van der Waals surface area contributed by atoms with Crippen LogP contribution in [0, 0.1) is 0 Å². The average Bonchev–Trinajstić information content (AvgIpc) is 2.91. The van der Waals surface area contributed by atoms with Crippen molar-refractivity contribution in [2.24, 2.45) is 0 Å². The standard InChI is InChI=1S/C20H42O2Si.C16H32O3/c1-7-8-9-10-11-12-13-14-15-16-19(17-18-21)22-23(5,6)20(2,3)4;1-3-5-6-7-8-9-10-11-12-13-15(17)14-16(18)19-4-2/h18-19H,7-17H2,1-6H3;15,17H,3-14H2,1-2H3/t19-;15-/m01/s1. The number of aliphatic hydroxyl groups excluding tert-OH is 1. The van der Waals surface area contributed by atoms with Gasteiger partial charge in [-0.1, -0.05) is 150 Å². The van der Waals surface area contributed by atoms with Gasteiger partial charge in [-0.05, 0) is 37.9 Å². The van der Waals surface area contributed by atoms with E-state index < -0.39 is 14.4 Å². The third-order valence-electron chi connectivity index (χ3n) is 8.60.